The van der Waals surface area contributed by atoms with Crippen LogP contribution in [0.5, 0.6) is 0 Å². The molecule has 0 atom stereocenters. The van der Waals surface area contributed by atoms with E-state index in [1.54, 1.807) is 14.2 Å². The summed E-state index contributed by atoms with van der Waals surface area (Å²) in [5.41, 5.74) is 0. The Labute approximate surface area is 114 Å². The molecule has 0 spiro atoms. The molecule has 0 N–H and O–H groups in total. The van der Waals surface area contributed by atoms with E-state index in [1.165, 1.54) is 11.4 Å². The lowest BCUT2D eigenvalue weighted by Crippen LogP contribution is -2.05. The zero-order valence-electron chi connectivity index (χ0n) is 11.6. The molecule has 0 aliphatic rings. The zero-order chi connectivity index (χ0) is 13.7. The molecule has 0 saturated heterocycles. The van der Waals surface area contributed by atoms with Crippen LogP contribution in [-0.4, -0.2) is 46.4 Å². The lowest BCUT2D eigenvalue weighted by atomic mass is 10.3. The molecule has 0 saturated carbocycles. The molecular weight excluding hydrogens is 275 g/mol. The van der Waals surface area contributed by atoms with Crippen molar-refractivity contribution in [2.75, 3.05) is 46.4 Å². The molecule has 0 rings (SSSR count). The van der Waals surface area contributed by atoms with E-state index in [0.29, 0.717) is 13.2 Å². The molecule has 110 valence electrons. The van der Waals surface area contributed by atoms with Crippen LogP contribution in [0.1, 0.15) is 26.2 Å². The van der Waals surface area contributed by atoms with Gasteiger partial charge in [0.1, 0.15) is 0 Å². The largest absolute Gasteiger partial charge is 0.389 e. The topological polar surface area (TPSA) is 54.0 Å². The normalized spacial score (nSPS) is 11.9. The summed E-state index contributed by atoms with van der Waals surface area (Å²) in [4.78, 5) is 0. The average molecular weight is 300 g/mol. The fourth-order valence-electron chi connectivity index (χ4n) is 1.11. The number of hydrogen-bond donors (Lipinski definition) is 0. The third kappa shape index (κ3) is 10.4. The Balaban J connectivity index is 3.99. The highest BCUT2D eigenvalue weighted by Gasteiger charge is 2.25. The molecule has 0 radical (unpaired) electrons. The lowest BCUT2D eigenvalue weighted by Gasteiger charge is -2.17. The molecule has 0 unspecified atom stereocenters. The smallest absolute Gasteiger partial charge is 0.382 e. The summed E-state index contributed by atoms with van der Waals surface area (Å²) >= 11 is 1.26. The highest BCUT2D eigenvalue weighted by molar-refractivity contribution is 8.55. The lowest BCUT2D eigenvalue weighted by molar-refractivity contribution is 0.113. The highest BCUT2D eigenvalue weighted by atomic mass is 32.7. The van der Waals surface area contributed by atoms with E-state index in [0.717, 1.165) is 25.0 Å². The van der Waals surface area contributed by atoms with Crippen LogP contribution in [0.3, 0.4) is 0 Å². The Kier molecular flexibility index (Phi) is 12.7. The van der Waals surface area contributed by atoms with E-state index in [1.807, 2.05) is 0 Å². The van der Waals surface area contributed by atoms with Crippen LogP contribution in [0.25, 0.3) is 0 Å². The summed E-state index contributed by atoms with van der Waals surface area (Å²) in [6, 6.07) is 0. The predicted octanol–water partition coefficient (Wildman–Crippen LogP) is 3.34. The Morgan fingerprint density at radius 3 is 1.94 bits per heavy atom. The van der Waals surface area contributed by atoms with Crippen molar-refractivity contribution in [3.8, 4) is 0 Å². The van der Waals surface area contributed by atoms with E-state index in [9.17, 15) is 4.57 Å². The van der Waals surface area contributed by atoms with Gasteiger partial charge in [-0.3, -0.25) is 9.05 Å². The molecule has 0 fully saturated rings. The Hall–Kier alpha value is 0.420. The predicted molar refractivity (Wildman–Crippen MR) is 75.2 cm³/mol. The second-order valence-electron chi connectivity index (χ2n) is 3.64. The second kappa shape index (κ2) is 12.5. The third-order valence-corrected chi connectivity index (χ3v) is 5.98. The van der Waals surface area contributed by atoms with E-state index in [4.69, 9.17) is 18.5 Å². The summed E-state index contributed by atoms with van der Waals surface area (Å²) < 4.78 is 32.7. The molecule has 0 aliphatic carbocycles. The maximum absolute atomic E-state index is 12.3. The van der Waals surface area contributed by atoms with Crippen LogP contribution < -0.4 is 0 Å². The van der Waals surface area contributed by atoms with Crippen LogP contribution in [0, 0.1) is 0 Å². The van der Waals surface area contributed by atoms with Crippen molar-refractivity contribution in [2.45, 2.75) is 26.2 Å². The van der Waals surface area contributed by atoms with Gasteiger partial charge >= 0.3 is 6.80 Å². The van der Waals surface area contributed by atoms with Crippen molar-refractivity contribution in [1.29, 1.82) is 0 Å². The van der Waals surface area contributed by atoms with Gasteiger partial charge < -0.3 is 9.47 Å². The molecule has 0 aromatic carbocycles. The molecule has 0 aromatic heterocycles. The van der Waals surface area contributed by atoms with Crippen LogP contribution in [-0.2, 0) is 23.1 Å². The van der Waals surface area contributed by atoms with Gasteiger partial charge in [0.15, 0.2) is 0 Å². The van der Waals surface area contributed by atoms with Gasteiger partial charge in [-0.15, -0.1) is 0 Å². The fraction of sp³-hybridized carbons (Fsp3) is 1.00. The zero-order valence-corrected chi connectivity index (χ0v) is 13.3. The molecule has 0 aromatic rings. The molecule has 5 nitrogen and oxygen atoms in total. The first-order valence-electron chi connectivity index (χ1n) is 6.20. The molecule has 0 amide bonds. The number of rotatable bonds is 13. The minimum Gasteiger partial charge on any atom is -0.382 e. The van der Waals surface area contributed by atoms with Gasteiger partial charge in [0, 0.05) is 20.0 Å². The van der Waals surface area contributed by atoms with Gasteiger partial charge in [0.05, 0.1) is 26.4 Å². The first kappa shape index (κ1) is 18.4. The van der Waals surface area contributed by atoms with Gasteiger partial charge in [-0.2, -0.15) is 0 Å². The number of methoxy groups -OCH3 is 2. The molecule has 18 heavy (non-hydrogen) atoms. The standard InChI is InChI=1S/C11H25O5PS/c1-4-5-6-11-18-17(12,15-9-7-13-2)16-10-8-14-3/h4-11H2,1-3H3. The van der Waals surface area contributed by atoms with Crippen LogP contribution >= 0.6 is 18.2 Å². The minimum absolute atomic E-state index is 0.279. The number of ether oxygens (including phenoxy) is 2. The summed E-state index contributed by atoms with van der Waals surface area (Å²) in [6.07, 6.45) is 3.29. The second-order valence-corrected chi connectivity index (χ2v) is 7.83. The van der Waals surface area contributed by atoms with Crippen molar-refractivity contribution < 1.29 is 23.1 Å². The summed E-state index contributed by atoms with van der Waals surface area (Å²) in [6.45, 7) is 0.449. The SMILES string of the molecule is CCCCCSP(=O)(OCCOC)OCCOC. The Morgan fingerprint density at radius 1 is 0.944 bits per heavy atom. The van der Waals surface area contributed by atoms with E-state index >= 15 is 0 Å². The molecule has 7 heteroatoms. The van der Waals surface area contributed by atoms with Crippen molar-refractivity contribution in [3.05, 3.63) is 0 Å². The van der Waals surface area contributed by atoms with Crippen molar-refractivity contribution >= 4 is 18.2 Å². The van der Waals surface area contributed by atoms with E-state index < -0.39 is 6.80 Å². The van der Waals surface area contributed by atoms with Gasteiger partial charge in [0.25, 0.3) is 0 Å². The van der Waals surface area contributed by atoms with Crippen LogP contribution in [0.2, 0.25) is 0 Å². The van der Waals surface area contributed by atoms with Crippen LogP contribution in [0.4, 0.5) is 0 Å². The maximum atomic E-state index is 12.3. The van der Waals surface area contributed by atoms with Gasteiger partial charge in [-0.25, -0.2) is 4.57 Å². The van der Waals surface area contributed by atoms with Gasteiger partial charge in [0.2, 0.25) is 0 Å². The third-order valence-electron chi connectivity index (χ3n) is 2.07. The molecule has 0 aliphatic heterocycles. The molecule has 0 bridgehead atoms. The maximum Gasteiger partial charge on any atom is 0.389 e. The Bertz CT molecular complexity index is 213. The van der Waals surface area contributed by atoms with Crippen molar-refractivity contribution in [2.24, 2.45) is 0 Å². The van der Waals surface area contributed by atoms with Crippen molar-refractivity contribution in [3.63, 3.8) is 0 Å². The van der Waals surface area contributed by atoms with Crippen LogP contribution in [0.15, 0.2) is 0 Å². The molecular formula is C11H25O5PS. The van der Waals surface area contributed by atoms with Gasteiger partial charge in [-0.05, 0) is 17.8 Å². The van der Waals surface area contributed by atoms with Gasteiger partial charge in [-0.1, -0.05) is 19.8 Å². The average Bonchev–Trinajstić information content (AvgIpc) is 2.36. The summed E-state index contributed by atoms with van der Waals surface area (Å²) in [5.74, 6) is 0.783. The number of hydrogen-bond acceptors (Lipinski definition) is 6. The van der Waals surface area contributed by atoms with E-state index in [2.05, 4.69) is 6.92 Å². The Morgan fingerprint density at radius 2 is 1.50 bits per heavy atom. The highest BCUT2D eigenvalue weighted by Crippen LogP contribution is 2.60. The fourth-order valence-corrected chi connectivity index (χ4v) is 4.43. The summed E-state index contributed by atoms with van der Waals surface area (Å²) in [7, 11) is 3.16. The van der Waals surface area contributed by atoms with E-state index in [-0.39, 0.29) is 13.2 Å². The molecule has 0 heterocycles. The first-order valence-corrected chi connectivity index (χ1v) is 9.33. The summed E-state index contributed by atoms with van der Waals surface area (Å²) in [5, 5.41) is 0. The van der Waals surface area contributed by atoms with Crippen molar-refractivity contribution in [1.82, 2.24) is 0 Å². The number of unbranched alkanes of at least 4 members (excludes halogenated alkanes) is 2. The quantitative estimate of drug-likeness (QED) is 0.384. The monoisotopic (exact) mass is 300 g/mol. The minimum atomic E-state index is -3.06. The first-order chi connectivity index (χ1) is 8.68.